The van der Waals surface area contributed by atoms with Crippen molar-refractivity contribution in [2.45, 2.75) is 26.2 Å². The van der Waals surface area contributed by atoms with Crippen LogP contribution < -0.4 is 5.32 Å². The summed E-state index contributed by atoms with van der Waals surface area (Å²) < 4.78 is 5.82. The third kappa shape index (κ3) is 4.11. The Kier molecular flexibility index (Phi) is 5.29. The first-order valence-corrected chi connectivity index (χ1v) is 11.3. The van der Waals surface area contributed by atoms with Crippen LogP contribution >= 0.6 is 0 Å². The molecular formula is C30H25NO3. The van der Waals surface area contributed by atoms with Crippen molar-refractivity contribution in [2.75, 3.05) is 5.32 Å². The Balaban J connectivity index is 1.38. The van der Waals surface area contributed by atoms with E-state index in [0.717, 1.165) is 16.2 Å². The Bertz CT molecular complexity index is 1540. The monoisotopic (exact) mass is 447 g/mol. The summed E-state index contributed by atoms with van der Waals surface area (Å²) in [4.78, 5) is 25.9. The molecule has 0 unspecified atom stereocenters. The summed E-state index contributed by atoms with van der Waals surface area (Å²) >= 11 is 0. The van der Waals surface area contributed by atoms with Crippen LogP contribution in [0.1, 0.15) is 52.8 Å². The number of fused-ring (bicyclic) bond motifs is 3. The van der Waals surface area contributed by atoms with Gasteiger partial charge in [-0.25, -0.2) is 0 Å². The SMILES string of the molecule is CC(C)(C)c1ccc(C(=O)c2cccc(NC(=O)c3cc4c(ccc5ccccc54)o3)c2)cc1. The Morgan fingerprint density at radius 2 is 1.50 bits per heavy atom. The molecule has 0 saturated carbocycles. The number of rotatable bonds is 4. The van der Waals surface area contributed by atoms with Gasteiger partial charge < -0.3 is 9.73 Å². The molecule has 1 aromatic heterocycles. The van der Waals surface area contributed by atoms with Gasteiger partial charge in [0, 0.05) is 22.2 Å². The fourth-order valence-corrected chi connectivity index (χ4v) is 4.12. The van der Waals surface area contributed by atoms with Gasteiger partial charge in [0.2, 0.25) is 0 Å². The van der Waals surface area contributed by atoms with Crippen molar-refractivity contribution in [3.8, 4) is 0 Å². The summed E-state index contributed by atoms with van der Waals surface area (Å²) in [6, 6.07) is 28.3. The van der Waals surface area contributed by atoms with Gasteiger partial charge in [0.05, 0.1) is 0 Å². The number of furan rings is 1. The fraction of sp³-hybridized carbons (Fsp3) is 0.133. The molecule has 4 aromatic carbocycles. The van der Waals surface area contributed by atoms with Crippen molar-refractivity contribution in [2.24, 2.45) is 0 Å². The second-order valence-electron chi connectivity index (χ2n) is 9.50. The van der Waals surface area contributed by atoms with Crippen molar-refractivity contribution in [1.82, 2.24) is 0 Å². The maximum absolute atomic E-state index is 13.0. The van der Waals surface area contributed by atoms with E-state index in [1.165, 1.54) is 5.56 Å². The number of hydrogen-bond donors (Lipinski definition) is 1. The highest BCUT2D eigenvalue weighted by Gasteiger charge is 2.17. The van der Waals surface area contributed by atoms with E-state index in [1.807, 2.05) is 60.7 Å². The minimum Gasteiger partial charge on any atom is -0.451 e. The normalized spacial score (nSPS) is 11.6. The summed E-state index contributed by atoms with van der Waals surface area (Å²) in [5.74, 6) is -0.230. The molecule has 5 aromatic rings. The maximum Gasteiger partial charge on any atom is 0.291 e. The van der Waals surface area contributed by atoms with Crippen LogP contribution in [0, 0.1) is 0 Å². The van der Waals surface area contributed by atoms with Crippen molar-refractivity contribution < 1.29 is 14.0 Å². The van der Waals surface area contributed by atoms with Crippen LogP contribution in [0.5, 0.6) is 0 Å². The largest absolute Gasteiger partial charge is 0.451 e. The zero-order valence-electron chi connectivity index (χ0n) is 19.4. The van der Waals surface area contributed by atoms with E-state index in [-0.39, 0.29) is 22.9 Å². The van der Waals surface area contributed by atoms with Crippen LogP contribution in [0.2, 0.25) is 0 Å². The fourth-order valence-electron chi connectivity index (χ4n) is 4.12. The average molecular weight is 448 g/mol. The molecular weight excluding hydrogens is 422 g/mol. The second-order valence-corrected chi connectivity index (χ2v) is 9.50. The molecule has 0 spiro atoms. The van der Waals surface area contributed by atoms with Crippen LogP contribution in [0.3, 0.4) is 0 Å². The quantitative estimate of drug-likeness (QED) is 0.293. The van der Waals surface area contributed by atoms with Crippen molar-refractivity contribution in [3.63, 3.8) is 0 Å². The Morgan fingerprint density at radius 3 is 2.26 bits per heavy atom. The number of anilines is 1. The lowest BCUT2D eigenvalue weighted by Gasteiger charge is -2.19. The van der Waals surface area contributed by atoms with E-state index in [0.29, 0.717) is 22.4 Å². The molecule has 0 aliphatic rings. The van der Waals surface area contributed by atoms with Crippen LogP contribution in [-0.4, -0.2) is 11.7 Å². The Labute approximate surface area is 198 Å². The van der Waals surface area contributed by atoms with Crippen LogP contribution in [-0.2, 0) is 5.41 Å². The number of amides is 1. The van der Waals surface area contributed by atoms with Gasteiger partial charge in [-0.05, 0) is 46.0 Å². The molecule has 1 heterocycles. The van der Waals surface area contributed by atoms with Crippen molar-refractivity contribution >= 4 is 39.1 Å². The Morgan fingerprint density at radius 1 is 0.735 bits per heavy atom. The summed E-state index contributed by atoms with van der Waals surface area (Å²) in [6.07, 6.45) is 0. The van der Waals surface area contributed by atoms with Crippen LogP contribution in [0.25, 0.3) is 21.7 Å². The molecule has 0 saturated heterocycles. The molecule has 34 heavy (non-hydrogen) atoms. The van der Waals surface area contributed by atoms with Gasteiger partial charge in [0.1, 0.15) is 5.58 Å². The number of ketones is 1. The minimum atomic E-state index is -0.362. The first kappa shape index (κ1) is 21.7. The lowest BCUT2D eigenvalue weighted by molar-refractivity contribution is 0.0996. The molecule has 0 radical (unpaired) electrons. The topological polar surface area (TPSA) is 59.3 Å². The number of carbonyl (C=O) groups is 2. The lowest BCUT2D eigenvalue weighted by atomic mass is 9.86. The molecule has 0 aliphatic heterocycles. The van der Waals surface area contributed by atoms with Gasteiger partial charge in [-0.15, -0.1) is 0 Å². The molecule has 5 rings (SSSR count). The number of carbonyl (C=O) groups excluding carboxylic acids is 2. The third-order valence-corrected chi connectivity index (χ3v) is 6.05. The van der Waals surface area contributed by atoms with Gasteiger partial charge in [0.15, 0.2) is 11.5 Å². The molecule has 1 N–H and O–H groups in total. The predicted octanol–water partition coefficient (Wildman–Crippen LogP) is 7.37. The van der Waals surface area contributed by atoms with E-state index in [9.17, 15) is 9.59 Å². The van der Waals surface area contributed by atoms with Crippen molar-refractivity contribution in [3.05, 3.63) is 113 Å². The van der Waals surface area contributed by atoms with Crippen molar-refractivity contribution in [1.29, 1.82) is 0 Å². The first-order chi connectivity index (χ1) is 16.3. The van der Waals surface area contributed by atoms with Crippen LogP contribution in [0.15, 0.2) is 95.4 Å². The molecule has 168 valence electrons. The van der Waals surface area contributed by atoms with Gasteiger partial charge in [0.25, 0.3) is 5.91 Å². The molecule has 0 bridgehead atoms. The molecule has 0 aliphatic carbocycles. The molecule has 0 atom stereocenters. The smallest absolute Gasteiger partial charge is 0.291 e. The summed E-state index contributed by atoms with van der Waals surface area (Å²) in [5.41, 5.74) is 3.51. The summed E-state index contributed by atoms with van der Waals surface area (Å²) in [5, 5.41) is 5.87. The van der Waals surface area contributed by atoms with E-state index in [2.05, 4.69) is 26.1 Å². The molecule has 4 nitrogen and oxygen atoms in total. The van der Waals surface area contributed by atoms with E-state index in [4.69, 9.17) is 4.42 Å². The highest BCUT2D eigenvalue weighted by atomic mass is 16.3. The Hall–Kier alpha value is -4.18. The van der Waals surface area contributed by atoms with E-state index < -0.39 is 0 Å². The van der Waals surface area contributed by atoms with Gasteiger partial charge in [-0.1, -0.05) is 87.5 Å². The van der Waals surface area contributed by atoms with Gasteiger partial charge in [-0.3, -0.25) is 9.59 Å². The molecule has 4 heteroatoms. The van der Waals surface area contributed by atoms with Crippen LogP contribution in [0.4, 0.5) is 5.69 Å². The molecule has 0 fully saturated rings. The van der Waals surface area contributed by atoms with Gasteiger partial charge >= 0.3 is 0 Å². The standard InChI is InChI=1S/C30H25NO3/c1-30(2,3)22-14-11-20(12-15-22)28(32)21-8-6-9-23(17-21)31-29(33)27-18-25-24-10-5-4-7-19(24)13-16-26(25)34-27/h4-18H,1-3H3,(H,31,33). The maximum atomic E-state index is 13.0. The first-order valence-electron chi connectivity index (χ1n) is 11.3. The summed E-state index contributed by atoms with van der Waals surface area (Å²) in [6.45, 7) is 6.42. The summed E-state index contributed by atoms with van der Waals surface area (Å²) in [7, 11) is 0. The predicted molar refractivity (Wildman–Crippen MR) is 137 cm³/mol. The number of benzene rings is 4. The van der Waals surface area contributed by atoms with Gasteiger partial charge in [-0.2, -0.15) is 0 Å². The average Bonchev–Trinajstić information content (AvgIpc) is 3.29. The lowest BCUT2D eigenvalue weighted by Crippen LogP contribution is -2.12. The number of nitrogens with one attached hydrogen (secondary N) is 1. The highest BCUT2D eigenvalue weighted by Crippen LogP contribution is 2.29. The number of hydrogen-bond acceptors (Lipinski definition) is 3. The highest BCUT2D eigenvalue weighted by molar-refractivity contribution is 6.12. The zero-order chi connectivity index (χ0) is 23.9. The molecule has 1 amide bonds. The van der Waals surface area contributed by atoms with E-state index >= 15 is 0 Å². The zero-order valence-corrected chi connectivity index (χ0v) is 19.4. The minimum absolute atomic E-state index is 0.0225. The van der Waals surface area contributed by atoms with E-state index in [1.54, 1.807) is 30.3 Å². The third-order valence-electron chi connectivity index (χ3n) is 6.05. The second kappa shape index (κ2) is 8.31.